The largest absolute Gasteiger partial charge is 0.357 e. The highest BCUT2D eigenvalue weighted by Gasteiger charge is 2.25. The van der Waals surface area contributed by atoms with Crippen LogP contribution in [0.3, 0.4) is 0 Å². The summed E-state index contributed by atoms with van der Waals surface area (Å²) in [5.41, 5.74) is 0.114. The monoisotopic (exact) mass is 417 g/mol. The van der Waals surface area contributed by atoms with E-state index in [2.05, 4.69) is 31.5 Å². The summed E-state index contributed by atoms with van der Waals surface area (Å²) in [7, 11) is 1.36. The van der Waals surface area contributed by atoms with E-state index in [0.717, 1.165) is 12.1 Å². The van der Waals surface area contributed by atoms with Crippen molar-refractivity contribution in [3.63, 3.8) is 0 Å². The maximum absolute atomic E-state index is 13.4. The van der Waals surface area contributed by atoms with Crippen molar-refractivity contribution in [2.45, 2.75) is 6.04 Å². The van der Waals surface area contributed by atoms with Crippen molar-refractivity contribution >= 4 is 39.3 Å². The van der Waals surface area contributed by atoms with Gasteiger partial charge in [0, 0.05) is 17.7 Å². The van der Waals surface area contributed by atoms with E-state index in [0.29, 0.717) is 4.47 Å². The molecule has 0 radical (unpaired) electrons. The Morgan fingerprint density at radius 2 is 1.96 bits per heavy atom. The van der Waals surface area contributed by atoms with Crippen molar-refractivity contribution in [1.29, 1.82) is 0 Å². The fraction of sp³-hybridized carbons (Fsp3) is 0.133. The zero-order valence-corrected chi connectivity index (χ0v) is 14.6. The Bertz CT molecular complexity index is 804. The first-order valence-electron chi connectivity index (χ1n) is 6.62. The number of benzene rings is 1. The van der Waals surface area contributed by atoms with Gasteiger partial charge in [-0.1, -0.05) is 17.7 Å². The molecule has 2 rings (SSSR count). The molecule has 0 saturated carbocycles. The van der Waals surface area contributed by atoms with Gasteiger partial charge in [-0.15, -0.1) is 0 Å². The number of aromatic nitrogens is 1. The molecule has 0 aliphatic carbocycles. The molecule has 1 atom stereocenters. The molecule has 0 aliphatic heterocycles. The van der Waals surface area contributed by atoms with E-state index in [1.54, 1.807) is 0 Å². The van der Waals surface area contributed by atoms with Crippen molar-refractivity contribution < 1.29 is 18.4 Å². The van der Waals surface area contributed by atoms with Crippen molar-refractivity contribution in [3.05, 3.63) is 62.8 Å². The molecule has 1 unspecified atom stereocenters. The lowest BCUT2D eigenvalue weighted by Gasteiger charge is -2.18. The molecule has 0 bridgehead atoms. The molecule has 0 aliphatic rings. The van der Waals surface area contributed by atoms with Gasteiger partial charge in [0.05, 0.1) is 5.56 Å². The Labute approximate surface area is 149 Å². The molecular weight excluding hydrogens is 408 g/mol. The van der Waals surface area contributed by atoms with Crippen molar-refractivity contribution in [2.24, 2.45) is 0 Å². The predicted octanol–water partition coefficient (Wildman–Crippen LogP) is 2.99. The van der Waals surface area contributed by atoms with Crippen LogP contribution in [0.2, 0.25) is 5.15 Å². The second-order valence-electron chi connectivity index (χ2n) is 4.69. The minimum Gasteiger partial charge on any atom is -0.357 e. The second-order valence-corrected chi connectivity index (χ2v) is 5.96. The van der Waals surface area contributed by atoms with Gasteiger partial charge in [0.1, 0.15) is 11.2 Å². The van der Waals surface area contributed by atoms with Crippen LogP contribution in [0.4, 0.5) is 8.78 Å². The SMILES string of the molecule is CNC(=O)C(NC(=O)c1cc(Br)cnc1Cl)c1ccc(F)c(F)c1. The first-order valence-corrected chi connectivity index (χ1v) is 7.79. The summed E-state index contributed by atoms with van der Waals surface area (Å²) in [6.45, 7) is 0. The van der Waals surface area contributed by atoms with Crippen LogP contribution in [-0.2, 0) is 4.79 Å². The van der Waals surface area contributed by atoms with Gasteiger partial charge in [0.2, 0.25) is 5.91 Å². The fourth-order valence-corrected chi connectivity index (χ4v) is 2.45. The van der Waals surface area contributed by atoms with Crippen LogP contribution in [0.5, 0.6) is 0 Å². The Hall–Kier alpha value is -2.06. The molecule has 9 heteroatoms. The highest BCUT2D eigenvalue weighted by Crippen LogP contribution is 2.21. The first kappa shape index (κ1) is 18.3. The summed E-state index contributed by atoms with van der Waals surface area (Å²) in [6.07, 6.45) is 1.41. The van der Waals surface area contributed by atoms with Crippen LogP contribution in [0.25, 0.3) is 0 Å². The van der Waals surface area contributed by atoms with Crippen LogP contribution in [-0.4, -0.2) is 23.8 Å². The van der Waals surface area contributed by atoms with E-state index >= 15 is 0 Å². The summed E-state index contributed by atoms with van der Waals surface area (Å²) in [4.78, 5) is 28.2. The number of halogens is 4. The van der Waals surface area contributed by atoms with Gasteiger partial charge < -0.3 is 10.6 Å². The number of amides is 2. The molecule has 1 aromatic heterocycles. The molecule has 2 amide bonds. The third kappa shape index (κ3) is 4.07. The number of rotatable bonds is 4. The van der Waals surface area contributed by atoms with E-state index in [1.807, 2.05) is 0 Å². The van der Waals surface area contributed by atoms with Gasteiger partial charge >= 0.3 is 0 Å². The third-order valence-corrected chi connectivity index (χ3v) is 3.85. The van der Waals surface area contributed by atoms with Gasteiger partial charge in [-0.05, 0) is 39.7 Å². The second kappa shape index (κ2) is 7.67. The molecular formula is C15H11BrClF2N3O2. The number of nitrogens with one attached hydrogen (secondary N) is 2. The molecule has 2 N–H and O–H groups in total. The summed E-state index contributed by atoms with van der Waals surface area (Å²) in [5.74, 6) is -3.47. The highest BCUT2D eigenvalue weighted by molar-refractivity contribution is 9.10. The minimum atomic E-state index is -1.23. The third-order valence-electron chi connectivity index (χ3n) is 3.11. The van der Waals surface area contributed by atoms with Gasteiger partial charge in [-0.2, -0.15) is 0 Å². The van der Waals surface area contributed by atoms with E-state index in [-0.39, 0.29) is 16.3 Å². The van der Waals surface area contributed by atoms with E-state index in [4.69, 9.17) is 11.6 Å². The molecule has 0 spiro atoms. The summed E-state index contributed by atoms with van der Waals surface area (Å²) >= 11 is 9.04. The predicted molar refractivity (Wildman–Crippen MR) is 87.6 cm³/mol. The van der Waals surface area contributed by atoms with Crippen LogP contribution >= 0.6 is 27.5 Å². The fourth-order valence-electron chi connectivity index (χ4n) is 1.93. The molecule has 0 saturated heterocycles. The molecule has 1 heterocycles. The molecule has 1 aromatic carbocycles. The Balaban J connectivity index is 2.35. The molecule has 126 valence electrons. The number of pyridine rings is 1. The Morgan fingerprint density at radius 1 is 1.25 bits per heavy atom. The topological polar surface area (TPSA) is 71.1 Å². The highest BCUT2D eigenvalue weighted by atomic mass is 79.9. The Morgan fingerprint density at radius 3 is 2.58 bits per heavy atom. The van der Waals surface area contributed by atoms with Crippen molar-refractivity contribution in [1.82, 2.24) is 15.6 Å². The van der Waals surface area contributed by atoms with E-state index < -0.39 is 29.5 Å². The lowest BCUT2D eigenvalue weighted by atomic mass is 10.1. The van der Waals surface area contributed by atoms with E-state index in [9.17, 15) is 18.4 Å². The lowest BCUT2D eigenvalue weighted by molar-refractivity contribution is -0.122. The van der Waals surface area contributed by atoms with E-state index in [1.165, 1.54) is 25.4 Å². The van der Waals surface area contributed by atoms with Gasteiger partial charge in [-0.25, -0.2) is 13.8 Å². The van der Waals surface area contributed by atoms with Gasteiger partial charge in [-0.3, -0.25) is 9.59 Å². The molecule has 5 nitrogen and oxygen atoms in total. The van der Waals surface area contributed by atoms with Crippen LogP contribution in [0, 0.1) is 11.6 Å². The standard InChI is InChI=1S/C15H11BrClF2N3O2/c1-20-15(24)12(7-2-3-10(18)11(19)4-7)22-14(23)9-5-8(16)6-21-13(9)17/h2-6,12H,1H3,(H,20,24)(H,22,23). The molecule has 2 aromatic rings. The zero-order valence-electron chi connectivity index (χ0n) is 12.2. The number of hydrogen-bond acceptors (Lipinski definition) is 3. The number of nitrogens with zero attached hydrogens (tertiary/aromatic N) is 1. The lowest BCUT2D eigenvalue weighted by Crippen LogP contribution is -2.39. The number of carbonyl (C=O) groups excluding carboxylic acids is 2. The molecule has 0 fully saturated rings. The van der Waals surface area contributed by atoms with Crippen LogP contribution in [0.1, 0.15) is 22.0 Å². The maximum Gasteiger partial charge on any atom is 0.255 e. The smallest absolute Gasteiger partial charge is 0.255 e. The maximum atomic E-state index is 13.4. The van der Waals surface area contributed by atoms with Gasteiger partial charge in [0.25, 0.3) is 5.91 Å². The number of likely N-dealkylation sites (N-methyl/N-ethyl adjacent to an activating group) is 1. The van der Waals surface area contributed by atoms with Crippen molar-refractivity contribution in [3.8, 4) is 0 Å². The average Bonchev–Trinajstić information content (AvgIpc) is 2.56. The summed E-state index contributed by atoms with van der Waals surface area (Å²) < 4.78 is 27.0. The quantitative estimate of drug-likeness (QED) is 0.750. The number of carbonyl (C=O) groups is 2. The van der Waals surface area contributed by atoms with Crippen LogP contribution in [0.15, 0.2) is 34.9 Å². The molecule has 24 heavy (non-hydrogen) atoms. The Kier molecular flexibility index (Phi) is 5.84. The van der Waals surface area contributed by atoms with Crippen LogP contribution < -0.4 is 10.6 Å². The first-order chi connectivity index (χ1) is 11.3. The summed E-state index contributed by atoms with van der Waals surface area (Å²) in [6, 6.07) is 3.13. The summed E-state index contributed by atoms with van der Waals surface area (Å²) in [5, 5.41) is 4.72. The normalized spacial score (nSPS) is 11.7. The average molecular weight is 419 g/mol. The zero-order chi connectivity index (χ0) is 17.9. The van der Waals surface area contributed by atoms with Crippen molar-refractivity contribution in [2.75, 3.05) is 7.05 Å². The minimum absolute atomic E-state index is 0.0301. The van der Waals surface area contributed by atoms with Gasteiger partial charge in [0.15, 0.2) is 11.6 Å². The number of hydrogen-bond donors (Lipinski definition) is 2.